The molecule has 4 fully saturated rings. The fourth-order valence-electron chi connectivity index (χ4n) is 5.64. The van der Waals surface area contributed by atoms with Crippen LogP contribution in [0.1, 0.15) is 64.7 Å². The quantitative estimate of drug-likeness (QED) is 0.402. The van der Waals surface area contributed by atoms with Crippen molar-refractivity contribution in [2.75, 3.05) is 13.2 Å². The van der Waals surface area contributed by atoms with Crippen molar-refractivity contribution in [2.45, 2.75) is 83.0 Å². The number of carbonyl (C=O) groups is 1. The molecule has 4 heteroatoms. The van der Waals surface area contributed by atoms with E-state index in [0.29, 0.717) is 35.5 Å². The molecule has 7 unspecified atom stereocenters. The van der Waals surface area contributed by atoms with Crippen LogP contribution in [0.15, 0.2) is 12.2 Å². The molecule has 4 aliphatic rings. The number of epoxide rings is 1. The van der Waals surface area contributed by atoms with Crippen molar-refractivity contribution < 1.29 is 19.0 Å². The molecular weight excluding hydrogens is 328 g/mol. The Morgan fingerprint density at radius 3 is 2.73 bits per heavy atom. The molecule has 0 radical (unpaired) electrons. The molecule has 7 atom stereocenters. The summed E-state index contributed by atoms with van der Waals surface area (Å²) in [5.74, 6) is 2.63. The molecule has 0 aromatic carbocycles. The summed E-state index contributed by atoms with van der Waals surface area (Å²) in [6.45, 7) is 7.26. The third-order valence-corrected chi connectivity index (χ3v) is 7.17. The van der Waals surface area contributed by atoms with Crippen LogP contribution >= 0.6 is 0 Å². The lowest BCUT2D eigenvalue weighted by molar-refractivity contribution is -0.148. The van der Waals surface area contributed by atoms with E-state index in [0.717, 1.165) is 32.0 Å². The van der Waals surface area contributed by atoms with Gasteiger partial charge in [-0.1, -0.05) is 19.4 Å². The molecule has 0 N–H and O–H groups in total. The first-order chi connectivity index (χ1) is 12.6. The van der Waals surface area contributed by atoms with E-state index in [4.69, 9.17) is 14.2 Å². The van der Waals surface area contributed by atoms with Gasteiger partial charge in [0.25, 0.3) is 0 Å². The van der Waals surface area contributed by atoms with Crippen molar-refractivity contribution in [2.24, 2.45) is 23.7 Å². The predicted octanol–water partition coefficient (Wildman–Crippen LogP) is 4.27. The molecule has 1 heterocycles. The summed E-state index contributed by atoms with van der Waals surface area (Å²) in [7, 11) is 0. The summed E-state index contributed by atoms with van der Waals surface area (Å²) in [5.41, 5.74) is 0.507. The van der Waals surface area contributed by atoms with Crippen LogP contribution in [0.3, 0.4) is 0 Å². The molecule has 0 bridgehead atoms. The Morgan fingerprint density at radius 2 is 1.92 bits per heavy atom. The highest BCUT2D eigenvalue weighted by Gasteiger charge is 2.44. The van der Waals surface area contributed by atoms with Crippen LogP contribution in [0, 0.1) is 23.7 Å². The Kier molecular flexibility index (Phi) is 5.70. The number of rotatable bonds is 6. The van der Waals surface area contributed by atoms with Gasteiger partial charge in [-0.2, -0.15) is 0 Å². The number of hydrogen-bond acceptors (Lipinski definition) is 4. The first-order valence-electron chi connectivity index (χ1n) is 10.7. The first-order valence-corrected chi connectivity index (χ1v) is 10.7. The van der Waals surface area contributed by atoms with Crippen LogP contribution in [0.5, 0.6) is 0 Å². The molecule has 0 spiro atoms. The molecule has 3 saturated carbocycles. The van der Waals surface area contributed by atoms with Crippen molar-refractivity contribution in [3.05, 3.63) is 12.2 Å². The number of carbonyl (C=O) groups excluding carboxylic acids is 1. The Bertz CT molecular complexity index is 530. The number of esters is 1. The van der Waals surface area contributed by atoms with Gasteiger partial charge >= 0.3 is 5.97 Å². The SMILES string of the molecule is C=C(C)C(=O)OC1CCC2C(COCC3CCC4OC4C3)CCCC2C1. The minimum absolute atomic E-state index is 0.0915. The highest BCUT2D eigenvalue weighted by atomic mass is 16.6. The van der Waals surface area contributed by atoms with E-state index in [1.807, 2.05) is 0 Å². The van der Waals surface area contributed by atoms with E-state index in [2.05, 4.69) is 6.58 Å². The van der Waals surface area contributed by atoms with Crippen molar-refractivity contribution in [3.63, 3.8) is 0 Å². The third-order valence-electron chi connectivity index (χ3n) is 7.17. The van der Waals surface area contributed by atoms with E-state index in [1.165, 1.54) is 44.9 Å². The van der Waals surface area contributed by atoms with Crippen LogP contribution in [-0.2, 0) is 19.0 Å². The Balaban J connectivity index is 1.21. The maximum absolute atomic E-state index is 11.8. The van der Waals surface area contributed by atoms with Gasteiger partial charge in [0.05, 0.1) is 12.2 Å². The molecule has 4 rings (SSSR count). The van der Waals surface area contributed by atoms with Gasteiger partial charge in [-0.05, 0) is 75.5 Å². The van der Waals surface area contributed by atoms with E-state index in [9.17, 15) is 4.79 Å². The molecule has 26 heavy (non-hydrogen) atoms. The minimum Gasteiger partial charge on any atom is -0.459 e. The van der Waals surface area contributed by atoms with Crippen LogP contribution in [0.25, 0.3) is 0 Å². The molecule has 0 aromatic heterocycles. The normalized spacial score (nSPS) is 41.7. The molecule has 3 aliphatic carbocycles. The van der Waals surface area contributed by atoms with Crippen LogP contribution in [0.2, 0.25) is 0 Å². The van der Waals surface area contributed by atoms with Crippen molar-refractivity contribution >= 4 is 5.97 Å². The van der Waals surface area contributed by atoms with Crippen LogP contribution < -0.4 is 0 Å². The van der Waals surface area contributed by atoms with Gasteiger partial charge in [-0.15, -0.1) is 0 Å². The molecular formula is C22H34O4. The summed E-state index contributed by atoms with van der Waals surface area (Å²) in [6, 6.07) is 0. The summed E-state index contributed by atoms with van der Waals surface area (Å²) >= 11 is 0. The molecule has 1 saturated heterocycles. The van der Waals surface area contributed by atoms with E-state index >= 15 is 0 Å². The van der Waals surface area contributed by atoms with Gasteiger partial charge in [-0.3, -0.25) is 0 Å². The zero-order valence-electron chi connectivity index (χ0n) is 16.2. The minimum atomic E-state index is -0.224. The Labute approximate surface area is 157 Å². The fraction of sp³-hybridized carbons (Fsp3) is 0.864. The van der Waals surface area contributed by atoms with E-state index < -0.39 is 0 Å². The van der Waals surface area contributed by atoms with Gasteiger partial charge in [0.1, 0.15) is 6.10 Å². The molecule has 0 amide bonds. The summed E-state index contributed by atoms with van der Waals surface area (Å²) < 4.78 is 17.5. The maximum atomic E-state index is 11.8. The van der Waals surface area contributed by atoms with Crippen LogP contribution in [-0.4, -0.2) is 37.5 Å². The molecule has 1 aliphatic heterocycles. The molecule has 0 aromatic rings. The number of hydrogen-bond donors (Lipinski definition) is 0. The highest BCUT2D eigenvalue weighted by molar-refractivity contribution is 5.87. The topological polar surface area (TPSA) is 48.1 Å². The number of fused-ring (bicyclic) bond motifs is 2. The summed E-state index contributed by atoms with van der Waals surface area (Å²) in [5, 5.41) is 0. The third kappa shape index (κ3) is 4.33. The lowest BCUT2D eigenvalue weighted by atomic mass is 9.65. The standard InChI is InChI=1S/C22H34O4/c1-14(2)22(23)25-18-7-8-19-16(11-18)4-3-5-17(19)13-24-12-15-6-9-20-21(10-15)26-20/h15-21H,1,3-13H2,2H3. The number of ether oxygens (including phenoxy) is 3. The second-order valence-corrected chi connectivity index (χ2v) is 9.17. The first kappa shape index (κ1) is 18.5. The van der Waals surface area contributed by atoms with E-state index in [-0.39, 0.29) is 12.1 Å². The van der Waals surface area contributed by atoms with Gasteiger partial charge in [0, 0.05) is 18.8 Å². The molecule has 146 valence electrons. The largest absolute Gasteiger partial charge is 0.459 e. The predicted molar refractivity (Wildman–Crippen MR) is 99.7 cm³/mol. The second kappa shape index (κ2) is 8.02. The van der Waals surface area contributed by atoms with Crippen LogP contribution in [0.4, 0.5) is 0 Å². The lowest BCUT2D eigenvalue weighted by Gasteiger charge is -2.43. The smallest absolute Gasteiger partial charge is 0.333 e. The van der Waals surface area contributed by atoms with Gasteiger partial charge in [0.2, 0.25) is 0 Å². The van der Waals surface area contributed by atoms with Crippen molar-refractivity contribution in [1.29, 1.82) is 0 Å². The van der Waals surface area contributed by atoms with Gasteiger partial charge < -0.3 is 14.2 Å². The van der Waals surface area contributed by atoms with Crippen molar-refractivity contribution in [1.82, 2.24) is 0 Å². The van der Waals surface area contributed by atoms with E-state index in [1.54, 1.807) is 6.92 Å². The molecule has 4 nitrogen and oxygen atoms in total. The zero-order valence-corrected chi connectivity index (χ0v) is 16.2. The van der Waals surface area contributed by atoms with Gasteiger partial charge in [-0.25, -0.2) is 4.79 Å². The Morgan fingerprint density at radius 1 is 1.04 bits per heavy atom. The average Bonchev–Trinajstić information content (AvgIpc) is 3.40. The Hall–Kier alpha value is -0.870. The monoisotopic (exact) mass is 362 g/mol. The maximum Gasteiger partial charge on any atom is 0.333 e. The summed E-state index contributed by atoms with van der Waals surface area (Å²) in [4.78, 5) is 11.8. The summed E-state index contributed by atoms with van der Waals surface area (Å²) in [6.07, 6.45) is 12.0. The van der Waals surface area contributed by atoms with Gasteiger partial charge in [0.15, 0.2) is 0 Å². The second-order valence-electron chi connectivity index (χ2n) is 9.17. The highest BCUT2D eigenvalue weighted by Crippen LogP contribution is 2.45. The average molecular weight is 363 g/mol. The van der Waals surface area contributed by atoms with Crippen molar-refractivity contribution in [3.8, 4) is 0 Å². The zero-order chi connectivity index (χ0) is 18.1. The lowest BCUT2D eigenvalue weighted by Crippen LogP contribution is -2.39. The fourth-order valence-corrected chi connectivity index (χ4v) is 5.64.